The lowest BCUT2D eigenvalue weighted by Crippen LogP contribution is -2.57. The Morgan fingerprint density at radius 2 is 1.86 bits per heavy atom. The van der Waals surface area contributed by atoms with E-state index in [1.807, 2.05) is 0 Å². The minimum atomic E-state index is -1.60. The lowest BCUT2D eigenvalue weighted by molar-refractivity contribution is -0.239. The fourth-order valence-corrected chi connectivity index (χ4v) is 1.84. The van der Waals surface area contributed by atoms with E-state index in [0.717, 1.165) is 17.1 Å². The van der Waals surface area contributed by atoms with E-state index in [4.69, 9.17) is 15.2 Å². The summed E-state index contributed by atoms with van der Waals surface area (Å²) in [7, 11) is 0. The maximum absolute atomic E-state index is 12.2. The molecule has 1 aliphatic heterocycles. The first-order valence-corrected chi connectivity index (χ1v) is 6.63. The Morgan fingerprint density at radius 1 is 1.32 bits per heavy atom. The number of carbonyl (C=O) groups is 4. The van der Waals surface area contributed by atoms with Crippen molar-refractivity contribution < 1.29 is 28.7 Å². The molecule has 0 spiro atoms. The average Bonchev–Trinajstić information content (AvgIpc) is 2.75. The van der Waals surface area contributed by atoms with E-state index >= 15 is 0 Å². The maximum Gasteiger partial charge on any atom is 0.254 e. The first kappa shape index (κ1) is 17.8. The van der Waals surface area contributed by atoms with Gasteiger partial charge in [-0.3, -0.25) is 24.1 Å². The minimum Gasteiger partial charge on any atom is -0.368 e. The molecule has 122 valence electrons. The van der Waals surface area contributed by atoms with Crippen molar-refractivity contribution >= 4 is 23.6 Å². The highest BCUT2D eigenvalue weighted by molar-refractivity contribution is 6.15. The van der Waals surface area contributed by atoms with Crippen molar-refractivity contribution in [1.29, 1.82) is 0 Å². The zero-order valence-electron chi connectivity index (χ0n) is 12.6. The number of nitrogens with two attached hydrogens (primary N) is 1. The summed E-state index contributed by atoms with van der Waals surface area (Å²) in [4.78, 5) is 46.9. The highest BCUT2D eigenvalue weighted by Crippen LogP contribution is 2.13. The van der Waals surface area contributed by atoms with Crippen LogP contribution in [0.15, 0.2) is 12.2 Å². The van der Waals surface area contributed by atoms with Gasteiger partial charge in [0.2, 0.25) is 17.7 Å². The predicted octanol–water partition coefficient (Wildman–Crippen LogP) is -1.37. The second-order valence-electron chi connectivity index (χ2n) is 4.68. The van der Waals surface area contributed by atoms with Crippen LogP contribution in [0.5, 0.6) is 0 Å². The molecule has 1 heterocycles. The third-order valence-electron chi connectivity index (χ3n) is 2.87. The Bertz CT molecular complexity index is 500. The second kappa shape index (κ2) is 7.14. The van der Waals surface area contributed by atoms with Crippen LogP contribution in [0.3, 0.4) is 0 Å². The first-order chi connectivity index (χ1) is 10.2. The highest BCUT2D eigenvalue weighted by Gasteiger charge is 2.36. The van der Waals surface area contributed by atoms with Gasteiger partial charge < -0.3 is 20.5 Å². The number of nitrogens with one attached hydrogen (secondary N) is 1. The Morgan fingerprint density at radius 3 is 2.32 bits per heavy atom. The van der Waals surface area contributed by atoms with Crippen LogP contribution in [-0.4, -0.2) is 53.7 Å². The molecule has 1 aliphatic rings. The van der Waals surface area contributed by atoms with Gasteiger partial charge in [0.25, 0.3) is 11.8 Å². The van der Waals surface area contributed by atoms with Gasteiger partial charge in [-0.05, 0) is 13.8 Å². The molecule has 9 heteroatoms. The van der Waals surface area contributed by atoms with E-state index in [1.54, 1.807) is 6.92 Å². The van der Waals surface area contributed by atoms with Crippen LogP contribution in [-0.2, 0) is 28.7 Å². The van der Waals surface area contributed by atoms with Gasteiger partial charge in [0.05, 0.1) is 0 Å². The predicted molar refractivity (Wildman–Crippen MR) is 73.8 cm³/mol. The van der Waals surface area contributed by atoms with Crippen molar-refractivity contribution in [3.05, 3.63) is 12.2 Å². The molecule has 22 heavy (non-hydrogen) atoms. The van der Waals surface area contributed by atoms with Crippen LogP contribution in [0.4, 0.5) is 0 Å². The Balaban J connectivity index is 2.75. The van der Waals surface area contributed by atoms with Crippen molar-refractivity contribution in [2.75, 3.05) is 13.2 Å². The van der Waals surface area contributed by atoms with E-state index in [1.165, 1.54) is 13.8 Å². The molecule has 0 aromatic heterocycles. The topological polar surface area (TPSA) is 128 Å². The molecule has 0 saturated heterocycles. The summed E-state index contributed by atoms with van der Waals surface area (Å²) >= 11 is 0. The molecule has 0 fully saturated rings. The molecule has 0 bridgehead atoms. The molecule has 2 unspecified atom stereocenters. The molecule has 2 atom stereocenters. The van der Waals surface area contributed by atoms with E-state index in [9.17, 15) is 19.2 Å². The first-order valence-electron chi connectivity index (χ1n) is 6.63. The monoisotopic (exact) mass is 313 g/mol. The average molecular weight is 313 g/mol. The molecule has 0 aliphatic carbocycles. The smallest absolute Gasteiger partial charge is 0.254 e. The zero-order chi connectivity index (χ0) is 16.9. The number of rotatable bonds is 8. The van der Waals surface area contributed by atoms with E-state index in [2.05, 4.69) is 5.32 Å². The Hall–Kier alpha value is -2.26. The summed E-state index contributed by atoms with van der Waals surface area (Å²) in [6.07, 6.45) is 2.16. The number of carbonyl (C=O) groups excluding carboxylic acids is 4. The third kappa shape index (κ3) is 4.37. The fourth-order valence-electron chi connectivity index (χ4n) is 1.84. The van der Waals surface area contributed by atoms with E-state index in [-0.39, 0.29) is 6.61 Å². The van der Waals surface area contributed by atoms with Gasteiger partial charge in [-0.15, -0.1) is 0 Å². The van der Waals surface area contributed by atoms with Crippen molar-refractivity contribution in [3.63, 3.8) is 0 Å². The summed E-state index contributed by atoms with van der Waals surface area (Å²) in [6, 6.07) is -1.06. The number of nitrogens with zero attached hydrogens (tertiary/aromatic N) is 1. The maximum atomic E-state index is 12.2. The minimum absolute atomic E-state index is 0.188. The highest BCUT2D eigenvalue weighted by atomic mass is 16.7. The van der Waals surface area contributed by atoms with Gasteiger partial charge >= 0.3 is 0 Å². The lowest BCUT2D eigenvalue weighted by atomic mass is 10.2. The van der Waals surface area contributed by atoms with Crippen molar-refractivity contribution in [2.45, 2.75) is 32.7 Å². The lowest BCUT2D eigenvalue weighted by Gasteiger charge is -2.32. The summed E-state index contributed by atoms with van der Waals surface area (Å²) < 4.78 is 10.4. The quantitative estimate of drug-likeness (QED) is 0.420. The molecular weight excluding hydrogens is 294 g/mol. The Labute approximate surface area is 127 Å². The number of ether oxygens (including phenoxy) is 2. The number of hydrogen-bond donors (Lipinski definition) is 2. The van der Waals surface area contributed by atoms with Crippen LogP contribution in [0.1, 0.15) is 20.8 Å². The van der Waals surface area contributed by atoms with Gasteiger partial charge in [-0.1, -0.05) is 0 Å². The molecule has 0 aromatic carbocycles. The molecule has 4 amide bonds. The van der Waals surface area contributed by atoms with Gasteiger partial charge in [0.1, 0.15) is 12.6 Å². The SMILES string of the molecule is CCOC(C)(NC(=O)C(C)N1C(=O)C=CC1=O)OCC(N)=O. The molecule has 0 radical (unpaired) electrons. The zero-order valence-corrected chi connectivity index (χ0v) is 12.6. The number of imide groups is 1. The van der Waals surface area contributed by atoms with Crippen molar-refractivity contribution in [3.8, 4) is 0 Å². The second-order valence-corrected chi connectivity index (χ2v) is 4.68. The summed E-state index contributed by atoms with van der Waals surface area (Å²) in [6.45, 7) is 4.16. The van der Waals surface area contributed by atoms with E-state index < -0.39 is 42.2 Å². The molecular formula is C13H19N3O6. The normalized spacial score (nSPS) is 18.2. The summed E-state index contributed by atoms with van der Waals surface area (Å²) in [5, 5.41) is 2.40. The van der Waals surface area contributed by atoms with Crippen LogP contribution < -0.4 is 11.1 Å². The van der Waals surface area contributed by atoms with Crippen LogP contribution in [0.25, 0.3) is 0 Å². The Kier molecular flexibility index (Phi) is 5.77. The summed E-state index contributed by atoms with van der Waals surface area (Å²) in [5.74, 6) is -4.17. The van der Waals surface area contributed by atoms with Crippen LogP contribution in [0, 0.1) is 0 Å². The summed E-state index contributed by atoms with van der Waals surface area (Å²) in [5.41, 5.74) is 4.98. The molecule has 0 aromatic rings. The number of hydrogen-bond acceptors (Lipinski definition) is 6. The third-order valence-corrected chi connectivity index (χ3v) is 2.87. The van der Waals surface area contributed by atoms with E-state index in [0.29, 0.717) is 0 Å². The van der Waals surface area contributed by atoms with Gasteiger partial charge in [0, 0.05) is 25.7 Å². The molecule has 0 saturated carbocycles. The van der Waals surface area contributed by atoms with Gasteiger partial charge in [-0.25, -0.2) is 0 Å². The molecule has 1 rings (SSSR count). The van der Waals surface area contributed by atoms with Crippen molar-refractivity contribution in [2.24, 2.45) is 5.73 Å². The van der Waals surface area contributed by atoms with Crippen LogP contribution in [0.2, 0.25) is 0 Å². The number of primary amides is 1. The van der Waals surface area contributed by atoms with Gasteiger partial charge in [0.15, 0.2) is 0 Å². The fraction of sp³-hybridized carbons (Fsp3) is 0.538. The molecule has 9 nitrogen and oxygen atoms in total. The number of amides is 4. The van der Waals surface area contributed by atoms with Gasteiger partial charge in [-0.2, -0.15) is 0 Å². The van der Waals surface area contributed by atoms with Crippen molar-refractivity contribution in [1.82, 2.24) is 10.2 Å². The standard InChI is InChI=1S/C13H19N3O6/c1-4-21-13(3,22-7-9(14)17)15-12(20)8(2)16-10(18)5-6-11(16)19/h5-6,8H,4,7H2,1-3H3,(H2,14,17)(H,15,20). The largest absolute Gasteiger partial charge is 0.368 e. The molecule has 3 N–H and O–H groups in total. The van der Waals surface area contributed by atoms with Crippen LogP contribution >= 0.6 is 0 Å².